The van der Waals surface area contributed by atoms with Gasteiger partial charge in [0.2, 0.25) is 0 Å². The van der Waals surface area contributed by atoms with Gasteiger partial charge in [-0.25, -0.2) is 4.68 Å². The maximum Gasteiger partial charge on any atom is 0.290 e. The smallest absolute Gasteiger partial charge is 0.290 e. The molecule has 0 unspecified atom stereocenters. The molecule has 1 aliphatic rings. The summed E-state index contributed by atoms with van der Waals surface area (Å²) in [6.07, 6.45) is 2.30. The lowest BCUT2D eigenvalue weighted by Crippen LogP contribution is -2.46. The fourth-order valence-corrected chi connectivity index (χ4v) is 4.58. The normalized spacial score (nSPS) is 15.5. The summed E-state index contributed by atoms with van der Waals surface area (Å²) < 4.78 is 3.47. The quantitative estimate of drug-likeness (QED) is 0.530. The number of halogens is 2. The number of rotatable bonds is 7. The van der Waals surface area contributed by atoms with Crippen LogP contribution >= 0.6 is 23.2 Å². The van der Waals surface area contributed by atoms with Crippen LogP contribution in [0.3, 0.4) is 0 Å². The number of hydrogen-bond donors (Lipinski definition) is 0. The van der Waals surface area contributed by atoms with E-state index in [4.69, 9.17) is 23.2 Å². The first kappa shape index (κ1) is 22.2. The summed E-state index contributed by atoms with van der Waals surface area (Å²) in [7, 11) is 1.89. The Balaban J connectivity index is 1.34. The second kappa shape index (κ2) is 10.0. The van der Waals surface area contributed by atoms with Crippen molar-refractivity contribution in [3.63, 3.8) is 0 Å². The number of aromatic nitrogens is 2. The largest absolute Gasteiger partial charge is 0.301 e. The molecule has 4 rings (SSSR count). The number of piperazine rings is 1. The van der Waals surface area contributed by atoms with Crippen molar-refractivity contribution in [2.75, 3.05) is 32.7 Å². The molecule has 0 amide bonds. The zero-order chi connectivity index (χ0) is 21.8. The topological polar surface area (TPSA) is 33.4 Å². The van der Waals surface area contributed by atoms with E-state index in [0.717, 1.165) is 50.5 Å². The van der Waals surface area contributed by atoms with Gasteiger partial charge in [-0.05, 0) is 49.2 Å². The summed E-state index contributed by atoms with van der Waals surface area (Å²) in [5.41, 5.74) is 2.82. The molecule has 164 valence electrons. The van der Waals surface area contributed by atoms with Crippen molar-refractivity contribution in [1.29, 1.82) is 0 Å². The Bertz CT molecular complexity index is 1050. The molecule has 0 atom stereocenters. The lowest BCUT2D eigenvalue weighted by molar-refractivity contribution is 0.124. The molecular formula is C24H28Cl2N4O. The van der Waals surface area contributed by atoms with E-state index in [1.807, 2.05) is 23.9 Å². The zero-order valence-corrected chi connectivity index (χ0v) is 19.3. The molecule has 0 aliphatic carbocycles. The average Bonchev–Trinajstić information content (AvgIpc) is 2.99. The Morgan fingerprint density at radius 2 is 1.52 bits per heavy atom. The highest BCUT2D eigenvalue weighted by Crippen LogP contribution is 2.19. The number of nitrogens with zero attached hydrogens (tertiary/aromatic N) is 4. The standard InChI is InChI=1S/C24H28Cl2N4O/c1-27-22(23(26)24(31)30(27)21-11-9-20(25)10-12-21)18-29-16-14-28(15-17-29)13-5-8-19-6-3-2-4-7-19/h2-4,6-7,9-12H,5,8,13-18H2,1H3. The summed E-state index contributed by atoms with van der Waals surface area (Å²) in [5.74, 6) is 0. The predicted molar refractivity (Wildman–Crippen MR) is 128 cm³/mol. The third-order valence-corrected chi connectivity index (χ3v) is 6.65. The Kier molecular flexibility index (Phi) is 7.18. The Morgan fingerprint density at radius 3 is 2.19 bits per heavy atom. The lowest BCUT2D eigenvalue weighted by Gasteiger charge is -2.34. The Hall–Kier alpha value is -2.05. The van der Waals surface area contributed by atoms with E-state index in [2.05, 4.69) is 40.1 Å². The van der Waals surface area contributed by atoms with Crippen molar-refractivity contribution in [2.24, 2.45) is 7.05 Å². The molecule has 2 heterocycles. The zero-order valence-electron chi connectivity index (χ0n) is 17.8. The molecule has 1 aromatic heterocycles. The highest BCUT2D eigenvalue weighted by molar-refractivity contribution is 6.31. The molecule has 0 spiro atoms. The van der Waals surface area contributed by atoms with Gasteiger partial charge < -0.3 is 4.90 Å². The molecular weight excluding hydrogens is 431 g/mol. The SMILES string of the molecule is Cn1c(CN2CCN(CCCc3ccccc3)CC2)c(Cl)c(=O)n1-c1ccc(Cl)cc1. The molecule has 31 heavy (non-hydrogen) atoms. The van der Waals surface area contributed by atoms with Crippen LogP contribution < -0.4 is 5.56 Å². The summed E-state index contributed by atoms with van der Waals surface area (Å²) in [6, 6.07) is 17.9. The first-order valence-corrected chi connectivity index (χ1v) is 11.5. The van der Waals surface area contributed by atoms with Gasteiger partial charge in [0.15, 0.2) is 0 Å². The maximum atomic E-state index is 12.8. The first-order chi connectivity index (χ1) is 15.0. The van der Waals surface area contributed by atoms with Gasteiger partial charge in [0, 0.05) is 44.8 Å². The van der Waals surface area contributed by atoms with Crippen LogP contribution in [-0.4, -0.2) is 51.9 Å². The molecule has 2 aromatic carbocycles. The van der Waals surface area contributed by atoms with E-state index in [1.165, 1.54) is 12.0 Å². The lowest BCUT2D eigenvalue weighted by atomic mass is 10.1. The molecule has 0 radical (unpaired) electrons. The molecule has 1 aliphatic heterocycles. The van der Waals surface area contributed by atoms with E-state index in [-0.39, 0.29) is 5.56 Å². The average molecular weight is 459 g/mol. The van der Waals surface area contributed by atoms with Gasteiger partial charge in [0.05, 0.1) is 11.4 Å². The van der Waals surface area contributed by atoms with Gasteiger partial charge in [-0.3, -0.25) is 14.4 Å². The van der Waals surface area contributed by atoms with E-state index >= 15 is 0 Å². The number of benzene rings is 2. The first-order valence-electron chi connectivity index (χ1n) is 10.7. The molecule has 0 N–H and O–H groups in total. The van der Waals surface area contributed by atoms with Crippen molar-refractivity contribution in [1.82, 2.24) is 19.2 Å². The summed E-state index contributed by atoms with van der Waals surface area (Å²) in [4.78, 5) is 17.7. The second-order valence-corrected chi connectivity index (χ2v) is 8.90. The molecule has 0 bridgehead atoms. The van der Waals surface area contributed by atoms with Gasteiger partial charge in [-0.1, -0.05) is 53.5 Å². The number of aryl methyl sites for hydroxylation is 1. The highest BCUT2D eigenvalue weighted by Gasteiger charge is 2.22. The third-order valence-electron chi connectivity index (χ3n) is 6.02. The third kappa shape index (κ3) is 5.24. The van der Waals surface area contributed by atoms with Gasteiger partial charge >= 0.3 is 0 Å². The van der Waals surface area contributed by atoms with E-state index in [0.29, 0.717) is 16.6 Å². The van der Waals surface area contributed by atoms with Gasteiger partial charge in [0.1, 0.15) is 5.02 Å². The Labute approximate surface area is 193 Å². The van der Waals surface area contributed by atoms with Crippen LogP contribution in [0.5, 0.6) is 0 Å². The van der Waals surface area contributed by atoms with Crippen LogP contribution in [0.4, 0.5) is 0 Å². The van der Waals surface area contributed by atoms with E-state index in [9.17, 15) is 4.79 Å². The molecule has 0 saturated carbocycles. The molecule has 1 saturated heterocycles. The minimum absolute atomic E-state index is 0.193. The van der Waals surface area contributed by atoms with Gasteiger partial charge in [-0.2, -0.15) is 0 Å². The van der Waals surface area contributed by atoms with Gasteiger partial charge in [0.25, 0.3) is 5.56 Å². The van der Waals surface area contributed by atoms with Crippen molar-refractivity contribution in [2.45, 2.75) is 19.4 Å². The predicted octanol–water partition coefficient (Wildman–Crippen LogP) is 4.23. The maximum absolute atomic E-state index is 12.8. The van der Waals surface area contributed by atoms with Crippen LogP contribution in [0.25, 0.3) is 5.69 Å². The fraction of sp³-hybridized carbons (Fsp3) is 0.375. The van der Waals surface area contributed by atoms with E-state index < -0.39 is 0 Å². The fourth-order valence-electron chi connectivity index (χ4n) is 4.19. The summed E-state index contributed by atoms with van der Waals surface area (Å²) in [5, 5.41) is 0.932. The summed E-state index contributed by atoms with van der Waals surface area (Å²) in [6.45, 7) is 5.82. The molecule has 3 aromatic rings. The Morgan fingerprint density at radius 1 is 0.871 bits per heavy atom. The van der Waals surface area contributed by atoms with Crippen molar-refractivity contribution in [3.8, 4) is 5.69 Å². The highest BCUT2D eigenvalue weighted by atomic mass is 35.5. The minimum Gasteiger partial charge on any atom is -0.301 e. The number of hydrogen-bond acceptors (Lipinski definition) is 3. The second-order valence-electron chi connectivity index (χ2n) is 8.08. The van der Waals surface area contributed by atoms with Crippen LogP contribution in [0.2, 0.25) is 10.0 Å². The molecule has 7 heteroatoms. The minimum atomic E-state index is -0.193. The van der Waals surface area contributed by atoms with Crippen LogP contribution in [0.1, 0.15) is 17.7 Å². The van der Waals surface area contributed by atoms with Crippen molar-refractivity contribution in [3.05, 3.63) is 86.3 Å². The van der Waals surface area contributed by atoms with Crippen molar-refractivity contribution < 1.29 is 0 Å². The van der Waals surface area contributed by atoms with Crippen LogP contribution in [0, 0.1) is 0 Å². The van der Waals surface area contributed by atoms with Crippen LogP contribution in [0.15, 0.2) is 59.4 Å². The molecule has 5 nitrogen and oxygen atoms in total. The molecule has 1 fully saturated rings. The van der Waals surface area contributed by atoms with Gasteiger partial charge in [-0.15, -0.1) is 0 Å². The van der Waals surface area contributed by atoms with E-state index in [1.54, 1.807) is 16.8 Å². The van der Waals surface area contributed by atoms with Crippen molar-refractivity contribution >= 4 is 23.2 Å². The summed E-state index contributed by atoms with van der Waals surface area (Å²) >= 11 is 12.4. The monoisotopic (exact) mass is 458 g/mol. The van der Waals surface area contributed by atoms with Crippen LogP contribution in [-0.2, 0) is 20.0 Å².